The van der Waals surface area contributed by atoms with Crippen molar-refractivity contribution in [3.8, 4) is 0 Å². The Kier molecular flexibility index (Phi) is 5.21. The van der Waals surface area contributed by atoms with Gasteiger partial charge >= 0.3 is 5.51 Å². The first-order chi connectivity index (χ1) is 9.11. The zero-order valence-electron chi connectivity index (χ0n) is 11.5. The molecule has 20 heavy (non-hydrogen) atoms. The van der Waals surface area contributed by atoms with Gasteiger partial charge in [-0.3, -0.25) is 0 Å². The summed E-state index contributed by atoms with van der Waals surface area (Å²) in [5.41, 5.74) is -4.48. The molecule has 2 atom stereocenters. The van der Waals surface area contributed by atoms with E-state index in [1.807, 2.05) is 20.8 Å². The van der Waals surface area contributed by atoms with Crippen LogP contribution in [0.25, 0.3) is 0 Å². The third-order valence-corrected chi connectivity index (χ3v) is 4.80. The predicted molar refractivity (Wildman–Crippen MR) is 71.2 cm³/mol. The Bertz CT molecular complexity index is 538. The van der Waals surface area contributed by atoms with Crippen LogP contribution in [-0.2, 0) is 9.84 Å². The molecule has 7 heteroatoms. The van der Waals surface area contributed by atoms with Gasteiger partial charge in [0.1, 0.15) is 0 Å². The first-order valence-corrected chi connectivity index (χ1v) is 7.74. The second-order valence-corrected chi connectivity index (χ2v) is 6.59. The Balaban J connectivity index is 3.01. The quantitative estimate of drug-likeness (QED) is 0.909. The summed E-state index contributed by atoms with van der Waals surface area (Å²) in [4.78, 5) is -0.725. The van der Waals surface area contributed by atoms with Gasteiger partial charge in [-0.2, -0.15) is 13.2 Å². The number of alkyl halides is 3. The molecule has 0 aliphatic heterocycles. The fourth-order valence-electron chi connectivity index (χ4n) is 1.87. The number of hydrogen-bond donors (Lipinski definition) is 1. The number of likely N-dealkylation sites (N-methyl/N-ethyl adjacent to an activating group) is 1. The lowest BCUT2D eigenvalue weighted by Gasteiger charge is -2.21. The standard InChI is InChI=1S/C13H18F3NO2S/c1-4-17-10(3)9(2)11-5-7-12(8-6-11)20(18,19)13(14,15)16/h5-10,17H,4H2,1-3H3. The Morgan fingerprint density at radius 3 is 2.05 bits per heavy atom. The molecule has 0 bridgehead atoms. The van der Waals surface area contributed by atoms with E-state index in [1.54, 1.807) is 0 Å². The lowest BCUT2D eigenvalue weighted by Crippen LogP contribution is -2.30. The van der Waals surface area contributed by atoms with Crippen LogP contribution in [0.2, 0.25) is 0 Å². The number of hydrogen-bond acceptors (Lipinski definition) is 3. The van der Waals surface area contributed by atoms with E-state index in [0.717, 1.165) is 24.2 Å². The predicted octanol–water partition coefficient (Wildman–Crippen LogP) is 3.08. The molecule has 2 unspecified atom stereocenters. The van der Waals surface area contributed by atoms with Gasteiger partial charge < -0.3 is 5.32 Å². The van der Waals surface area contributed by atoms with Gasteiger partial charge in [0.2, 0.25) is 0 Å². The molecular formula is C13H18F3NO2S. The summed E-state index contributed by atoms with van der Waals surface area (Å²) in [5, 5.41) is 3.21. The normalized spacial score (nSPS) is 15.9. The number of halogens is 3. The van der Waals surface area contributed by atoms with Crippen LogP contribution < -0.4 is 5.32 Å². The molecule has 1 rings (SSSR count). The van der Waals surface area contributed by atoms with Crippen molar-refractivity contribution in [2.75, 3.05) is 6.54 Å². The number of sulfone groups is 1. The lowest BCUT2D eigenvalue weighted by molar-refractivity contribution is -0.0436. The zero-order valence-corrected chi connectivity index (χ0v) is 12.3. The van der Waals surface area contributed by atoms with Gasteiger partial charge in [-0.25, -0.2) is 8.42 Å². The highest BCUT2D eigenvalue weighted by molar-refractivity contribution is 7.92. The van der Waals surface area contributed by atoms with E-state index >= 15 is 0 Å². The van der Waals surface area contributed by atoms with E-state index in [4.69, 9.17) is 0 Å². The Morgan fingerprint density at radius 1 is 1.15 bits per heavy atom. The fourth-order valence-corrected chi connectivity index (χ4v) is 2.63. The van der Waals surface area contributed by atoms with Crippen molar-refractivity contribution >= 4 is 9.84 Å². The Morgan fingerprint density at radius 2 is 1.65 bits per heavy atom. The van der Waals surface area contributed by atoms with E-state index < -0.39 is 20.2 Å². The minimum Gasteiger partial charge on any atom is -0.314 e. The van der Waals surface area contributed by atoms with E-state index in [2.05, 4.69) is 5.32 Å². The van der Waals surface area contributed by atoms with Gasteiger partial charge in [0.05, 0.1) is 4.90 Å². The monoisotopic (exact) mass is 309 g/mol. The summed E-state index contributed by atoms with van der Waals surface area (Å²) in [6, 6.07) is 5.01. The molecule has 3 nitrogen and oxygen atoms in total. The molecule has 0 fully saturated rings. The fraction of sp³-hybridized carbons (Fsp3) is 0.538. The lowest BCUT2D eigenvalue weighted by atomic mass is 9.94. The first-order valence-electron chi connectivity index (χ1n) is 6.26. The molecule has 0 aromatic heterocycles. The molecule has 0 saturated heterocycles. The van der Waals surface area contributed by atoms with Gasteiger partial charge in [0, 0.05) is 6.04 Å². The van der Waals surface area contributed by atoms with Crippen LogP contribution in [-0.4, -0.2) is 26.5 Å². The number of rotatable bonds is 5. The second-order valence-electron chi connectivity index (χ2n) is 4.65. The molecule has 0 radical (unpaired) electrons. The Labute approximate surface area is 117 Å². The van der Waals surface area contributed by atoms with E-state index in [9.17, 15) is 21.6 Å². The summed E-state index contributed by atoms with van der Waals surface area (Å²) in [5.74, 6) is 0.0672. The summed E-state index contributed by atoms with van der Waals surface area (Å²) >= 11 is 0. The average Bonchev–Trinajstić information content (AvgIpc) is 2.37. The maximum atomic E-state index is 12.4. The molecule has 1 aromatic carbocycles. The maximum Gasteiger partial charge on any atom is 0.501 e. The van der Waals surface area contributed by atoms with Gasteiger partial charge in [0.25, 0.3) is 9.84 Å². The Hall–Kier alpha value is -1.08. The smallest absolute Gasteiger partial charge is 0.314 e. The van der Waals surface area contributed by atoms with Crippen LogP contribution in [0.4, 0.5) is 13.2 Å². The van der Waals surface area contributed by atoms with Crippen molar-refractivity contribution in [1.29, 1.82) is 0 Å². The van der Waals surface area contributed by atoms with Crippen LogP contribution in [0.15, 0.2) is 29.2 Å². The largest absolute Gasteiger partial charge is 0.501 e. The number of benzene rings is 1. The summed E-state index contributed by atoms with van der Waals surface area (Å²) in [6.07, 6.45) is 0. The molecule has 0 aliphatic carbocycles. The SMILES string of the molecule is CCNC(C)C(C)c1ccc(S(=O)(=O)C(F)(F)F)cc1. The molecular weight excluding hydrogens is 291 g/mol. The third-order valence-electron chi connectivity index (χ3n) is 3.30. The van der Waals surface area contributed by atoms with Crippen LogP contribution in [0, 0.1) is 0 Å². The minimum atomic E-state index is -5.27. The molecule has 114 valence electrons. The van der Waals surface area contributed by atoms with Crippen LogP contribution in [0.5, 0.6) is 0 Å². The molecule has 0 aliphatic rings. The average molecular weight is 309 g/mol. The van der Waals surface area contributed by atoms with E-state index in [-0.39, 0.29) is 12.0 Å². The highest BCUT2D eigenvalue weighted by Gasteiger charge is 2.46. The van der Waals surface area contributed by atoms with Crippen molar-refractivity contribution < 1.29 is 21.6 Å². The molecule has 0 saturated carbocycles. The highest BCUT2D eigenvalue weighted by atomic mass is 32.2. The van der Waals surface area contributed by atoms with Gasteiger partial charge in [-0.05, 0) is 37.1 Å². The van der Waals surface area contributed by atoms with Crippen LogP contribution in [0.1, 0.15) is 32.3 Å². The number of nitrogens with one attached hydrogen (secondary N) is 1. The molecule has 0 spiro atoms. The van der Waals surface area contributed by atoms with Crippen molar-refractivity contribution in [3.63, 3.8) is 0 Å². The van der Waals surface area contributed by atoms with Crippen LogP contribution >= 0.6 is 0 Å². The van der Waals surface area contributed by atoms with Crippen molar-refractivity contribution in [2.45, 2.75) is 43.1 Å². The minimum absolute atomic E-state index is 0.0672. The summed E-state index contributed by atoms with van der Waals surface area (Å²) in [6.45, 7) is 6.64. The van der Waals surface area contributed by atoms with Gasteiger partial charge in [-0.1, -0.05) is 26.0 Å². The third kappa shape index (κ3) is 3.52. The first kappa shape index (κ1) is 17.0. The molecule has 1 N–H and O–H groups in total. The van der Waals surface area contributed by atoms with E-state index in [1.165, 1.54) is 12.1 Å². The molecule has 0 amide bonds. The summed E-state index contributed by atoms with van der Waals surface area (Å²) in [7, 11) is -5.26. The summed E-state index contributed by atoms with van der Waals surface area (Å²) < 4.78 is 59.7. The van der Waals surface area contributed by atoms with Gasteiger partial charge in [0.15, 0.2) is 0 Å². The van der Waals surface area contributed by atoms with Crippen molar-refractivity contribution in [1.82, 2.24) is 5.32 Å². The zero-order chi connectivity index (χ0) is 15.6. The molecule has 0 heterocycles. The van der Waals surface area contributed by atoms with Crippen LogP contribution in [0.3, 0.4) is 0 Å². The van der Waals surface area contributed by atoms with Gasteiger partial charge in [-0.15, -0.1) is 0 Å². The molecule has 1 aromatic rings. The van der Waals surface area contributed by atoms with Crippen molar-refractivity contribution in [3.05, 3.63) is 29.8 Å². The van der Waals surface area contributed by atoms with Crippen molar-refractivity contribution in [2.24, 2.45) is 0 Å². The maximum absolute atomic E-state index is 12.4. The topological polar surface area (TPSA) is 46.2 Å². The highest BCUT2D eigenvalue weighted by Crippen LogP contribution is 2.31. The second kappa shape index (κ2) is 6.13. The van der Waals surface area contributed by atoms with E-state index in [0.29, 0.717) is 0 Å².